The van der Waals surface area contributed by atoms with E-state index in [2.05, 4.69) is 14.6 Å². The maximum Gasteiger partial charge on any atom is 0.260 e. The number of hydrogen-bond donors (Lipinski definition) is 3. The molecule has 0 radical (unpaired) electrons. The molecule has 1 aliphatic heterocycles. The van der Waals surface area contributed by atoms with Crippen LogP contribution in [0.5, 0.6) is 5.75 Å². The Labute approximate surface area is 212 Å². The van der Waals surface area contributed by atoms with Gasteiger partial charge in [0.05, 0.1) is 6.26 Å². The Kier molecular flexibility index (Phi) is 9.01. The number of amides is 1. The van der Waals surface area contributed by atoms with Gasteiger partial charge in [0.15, 0.2) is 6.61 Å². The molecule has 0 spiro atoms. The number of aromatic amines is 1. The lowest BCUT2D eigenvalue weighted by Gasteiger charge is -2.36. The van der Waals surface area contributed by atoms with Crippen LogP contribution in [0.3, 0.4) is 0 Å². The molecule has 0 aliphatic carbocycles. The van der Waals surface area contributed by atoms with E-state index in [4.69, 9.17) is 10.5 Å². The standard InChI is InChI=1S/C24H31N5O4S.ClH/c1-34(31,32)27-15-18-2-4-20(5-3-18)28-10-12-29(13-11-28)24(30)17-33-21-6-7-23-22(14-21)19(8-9-25)16-26-23;/h2-7,14,16,26-27H,8-13,15,17,25H2,1H3;1H. The summed E-state index contributed by atoms with van der Waals surface area (Å²) in [5.74, 6) is 0.640. The Morgan fingerprint density at radius 2 is 1.83 bits per heavy atom. The number of sulfonamides is 1. The van der Waals surface area contributed by atoms with E-state index >= 15 is 0 Å². The first-order chi connectivity index (χ1) is 16.3. The van der Waals surface area contributed by atoms with Crippen LogP contribution in [-0.4, -0.2) is 69.8 Å². The molecule has 2 heterocycles. The van der Waals surface area contributed by atoms with Gasteiger partial charge in [-0.2, -0.15) is 0 Å². The number of nitrogens with zero attached hydrogens (tertiary/aromatic N) is 2. The van der Waals surface area contributed by atoms with E-state index in [0.29, 0.717) is 25.4 Å². The summed E-state index contributed by atoms with van der Waals surface area (Å²) in [6.07, 6.45) is 3.89. The van der Waals surface area contributed by atoms with Gasteiger partial charge in [-0.25, -0.2) is 13.1 Å². The van der Waals surface area contributed by atoms with Gasteiger partial charge in [0.1, 0.15) is 5.75 Å². The zero-order chi connectivity index (χ0) is 24.1. The van der Waals surface area contributed by atoms with Crippen LogP contribution in [-0.2, 0) is 27.8 Å². The van der Waals surface area contributed by atoms with Crippen LogP contribution < -0.4 is 20.1 Å². The highest BCUT2D eigenvalue weighted by atomic mass is 35.5. The van der Waals surface area contributed by atoms with Crippen molar-refractivity contribution in [1.82, 2.24) is 14.6 Å². The Hall–Kier alpha value is -2.79. The van der Waals surface area contributed by atoms with E-state index < -0.39 is 10.0 Å². The maximum atomic E-state index is 12.7. The lowest BCUT2D eigenvalue weighted by atomic mass is 10.1. The number of ether oxygens (including phenoxy) is 1. The molecule has 4 N–H and O–H groups in total. The number of rotatable bonds is 9. The Morgan fingerprint density at radius 1 is 1.11 bits per heavy atom. The fourth-order valence-corrected chi connectivity index (χ4v) is 4.53. The number of H-pyrrole nitrogens is 1. The fraction of sp³-hybridized carbons (Fsp3) is 0.375. The number of hydrogen-bond acceptors (Lipinski definition) is 6. The highest BCUT2D eigenvalue weighted by Crippen LogP contribution is 2.24. The molecule has 1 aromatic heterocycles. The SMILES string of the molecule is CS(=O)(=O)NCc1ccc(N2CCN(C(=O)COc3ccc4[nH]cc(CCN)c4c3)CC2)cc1.Cl. The summed E-state index contributed by atoms with van der Waals surface area (Å²) in [7, 11) is -3.22. The Balaban J connectivity index is 0.00000342. The number of piperazine rings is 1. The van der Waals surface area contributed by atoms with Gasteiger partial charge in [-0.3, -0.25) is 4.79 Å². The van der Waals surface area contributed by atoms with Gasteiger partial charge in [0, 0.05) is 55.5 Å². The van der Waals surface area contributed by atoms with Crippen molar-refractivity contribution in [3.05, 3.63) is 59.8 Å². The van der Waals surface area contributed by atoms with Crippen LogP contribution in [0, 0.1) is 0 Å². The number of fused-ring (bicyclic) bond motifs is 1. The van der Waals surface area contributed by atoms with Crippen molar-refractivity contribution in [1.29, 1.82) is 0 Å². The van der Waals surface area contributed by atoms with E-state index in [-0.39, 0.29) is 31.5 Å². The average molecular weight is 522 g/mol. The topological polar surface area (TPSA) is 121 Å². The van der Waals surface area contributed by atoms with Crippen LogP contribution in [0.2, 0.25) is 0 Å². The molecule has 0 bridgehead atoms. The predicted octanol–water partition coefficient (Wildman–Crippen LogP) is 1.87. The molecule has 0 saturated carbocycles. The van der Waals surface area contributed by atoms with Crippen LogP contribution in [0.1, 0.15) is 11.1 Å². The van der Waals surface area contributed by atoms with E-state index in [1.54, 1.807) is 0 Å². The minimum Gasteiger partial charge on any atom is -0.484 e. The largest absolute Gasteiger partial charge is 0.484 e. The average Bonchev–Trinajstić information content (AvgIpc) is 3.23. The number of carbonyl (C=O) groups excluding carboxylic acids is 1. The summed E-state index contributed by atoms with van der Waals surface area (Å²) in [5.41, 5.74) is 9.81. The van der Waals surface area contributed by atoms with Gasteiger partial charge in [-0.05, 0) is 54.4 Å². The van der Waals surface area contributed by atoms with Crippen molar-refractivity contribution in [3.8, 4) is 5.75 Å². The molecule has 1 fully saturated rings. The van der Waals surface area contributed by atoms with E-state index in [1.807, 2.05) is 53.6 Å². The second kappa shape index (κ2) is 11.8. The number of aromatic nitrogens is 1. The normalized spacial score (nSPS) is 14.1. The second-order valence-corrected chi connectivity index (χ2v) is 10.3. The first kappa shape index (κ1) is 26.8. The first-order valence-electron chi connectivity index (χ1n) is 11.3. The molecular weight excluding hydrogens is 490 g/mol. The predicted molar refractivity (Wildman–Crippen MR) is 141 cm³/mol. The number of carbonyl (C=O) groups is 1. The lowest BCUT2D eigenvalue weighted by molar-refractivity contribution is -0.133. The highest BCUT2D eigenvalue weighted by molar-refractivity contribution is 7.88. The third kappa shape index (κ3) is 7.11. The third-order valence-electron chi connectivity index (χ3n) is 5.99. The minimum atomic E-state index is -3.22. The third-order valence-corrected chi connectivity index (χ3v) is 6.66. The number of halogens is 1. The second-order valence-electron chi connectivity index (χ2n) is 8.48. The van der Waals surface area contributed by atoms with Gasteiger partial charge >= 0.3 is 0 Å². The van der Waals surface area contributed by atoms with Gasteiger partial charge in [-0.1, -0.05) is 12.1 Å². The number of nitrogens with one attached hydrogen (secondary N) is 2. The van der Waals surface area contributed by atoms with Crippen LogP contribution in [0.15, 0.2) is 48.7 Å². The molecule has 11 heteroatoms. The number of anilines is 1. The highest BCUT2D eigenvalue weighted by Gasteiger charge is 2.22. The van der Waals surface area contributed by atoms with E-state index in [1.165, 1.54) is 0 Å². The molecular formula is C24H32ClN5O4S. The van der Waals surface area contributed by atoms with Gasteiger partial charge < -0.3 is 25.3 Å². The molecule has 3 aromatic rings. The molecule has 4 rings (SSSR count). The van der Waals surface area contributed by atoms with Crippen molar-refractivity contribution in [2.75, 3.05) is 50.5 Å². The Morgan fingerprint density at radius 3 is 2.49 bits per heavy atom. The molecule has 0 atom stereocenters. The summed E-state index contributed by atoms with van der Waals surface area (Å²) in [6, 6.07) is 13.6. The van der Waals surface area contributed by atoms with Crippen molar-refractivity contribution in [3.63, 3.8) is 0 Å². The number of nitrogens with two attached hydrogens (primary N) is 1. The van der Waals surface area contributed by atoms with Gasteiger partial charge in [-0.15, -0.1) is 12.4 Å². The molecule has 190 valence electrons. The fourth-order valence-electron chi connectivity index (χ4n) is 4.10. The summed E-state index contributed by atoms with van der Waals surface area (Å²) in [4.78, 5) is 20.0. The summed E-state index contributed by atoms with van der Waals surface area (Å²) >= 11 is 0. The molecule has 1 saturated heterocycles. The van der Waals surface area contributed by atoms with Gasteiger partial charge in [0.2, 0.25) is 10.0 Å². The van der Waals surface area contributed by atoms with Crippen molar-refractivity contribution in [2.45, 2.75) is 13.0 Å². The molecule has 1 amide bonds. The van der Waals surface area contributed by atoms with Gasteiger partial charge in [0.25, 0.3) is 5.91 Å². The summed E-state index contributed by atoms with van der Waals surface area (Å²) in [6.45, 7) is 3.55. The van der Waals surface area contributed by atoms with Crippen LogP contribution >= 0.6 is 12.4 Å². The summed E-state index contributed by atoms with van der Waals surface area (Å²) < 4.78 is 30.8. The smallest absolute Gasteiger partial charge is 0.260 e. The summed E-state index contributed by atoms with van der Waals surface area (Å²) in [5, 5.41) is 1.07. The molecule has 9 nitrogen and oxygen atoms in total. The minimum absolute atomic E-state index is 0. The van der Waals surface area contributed by atoms with Crippen LogP contribution in [0.25, 0.3) is 10.9 Å². The maximum absolute atomic E-state index is 12.7. The van der Waals surface area contributed by atoms with Crippen LogP contribution in [0.4, 0.5) is 5.69 Å². The van der Waals surface area contributed by atoms with E-state index in [9.17, 15) is 13.2 Å². The molecule has 35 heavy (non-hydrogen) atoms. The van der Waals surface area contributed by atoms with Crippen molar-refractivity contribution >= 4 is 44.9 Å². The molecule has 2 aromatic carbocycles. The molecule has 0 unspecified atom stereocenters. The Bertz CT molecular complexity index is 1240. The van der Waals surface area contributed by atoms with Crippen molar-refractivity contribution < 1.29 is 17.9 Å². The lowest BCUT2D eigenvalue weighted by Crippen LogP contribution is -2.50. The monoisotopic (exact) mass is 521 g/mol. The first-order valence-corrected chi connectivity index (χ1v) is 13.2. The van der Waals surface area contributed by atoms with Crippen molar-refractivity contribution in [2.24, 2.45) is 5.73 Å². The molecule has 1 aliphatic rings. The zero-order valence-corrected chi connectivity index (χ0v) is 21.3. The number of benzene rings is 2. The van der Waals surface area contributed by atoms with E-state index in [0.717, 1.165) is 53.5 Å². The quantitative estimate of drug-likeness (QED) is 0.395. The zero-order valence-electron chi connectivity index (χ0n) is 19.7.